The Balaban J connectivity index is 0.00000242. The van der Waals surface area contributed by atoms with E-state index in [1.165, 1.54) is 0 Å². The number of benzene rings is 1. The standard InChI is InChI=1S/C17H21N3O.ClH/c18-11-13-20(14-15-6-2-1-3-7-15)17(21)10-9-16-8-4-5-12-19-16;/h1-8,12H,9-11,13-14,18H2;1H. The van der Waals surface area contributed by atoms with Crippen LogP contribution in [0.1, 0.15) is 17.7 Å². The van der Waals surface area contributed by atoms with Gasteiger partial charge in [0.2, 0.25) is 5.91 Å². The van der Waals surface area contributed by atoms with Crippen LogP contribution < -0.4 is 5.73 Å². The van der Waals surface area contributed by atoms with Crippen LogP contribution >= 0.6 is 12.4 Å². The molecule has 0 saturated heterocycles. The highest BCUT2D eigenvalue weighted by Crippen LogP contribution is 2.07. The van der Waals surface area contributed by atoms with Crippen LogP contribution in [0, 0.1) is 0 Å². The zero-order valence-electron chi connectivity index (χ0n) is 12.5. The SMILES string of the molecule is Cl.NCCN(Cc1ccccc1)C(=O)CCc1ccccn1. The molecule has 0 bridgehead atoms. The van der Waals surface area contributed by atoms with E-state index in [9.17, 15) is 4.79 Å². The van der Waals surface area contributed by atoms with Gasteiger partial charge in [0, 0.05) is 37.9 Å². The number of carbonyl (C=O) groups excluding carboxylic acids is 1. The molecule has 118 valence electrons. The van der Waals surface area contributed by atoms with E-state index in [4.69, 9.17) is 5.73 Å². The second-order valence-corrected chi connectivity index (χ2v) is 4.91. The first kappa shape index (κ1) is 18.1. The van der Waals surface area contributed by atoms with Gasteiger partial charge in [0.25, 0.3) is 0 Å². The highest BCUT2D eigenvalue weighted by molar-refractivity contribution is 5.85. The molecule has 4 nitrogen and oxygen atoms in total. The van der Waals surface area contributed by atoms with E-state index in [2.05, 4.69) is 4.98 Å². The smallest absolute Gasteiger partial charge is 0.223 e. The van der Waals surface area contributed by atoms with Crippen molar-refractivity contribution in [3.63, 3.8) is 0 Å². The van der Waals surface area contributed by atoms with Crippen LogP contribution in [0.15, 0.2) is 54.7 Å². The van der Waals surface area contributed by atoms with Crippen molar-refractivity contribution in [2.75, 3.05) is 13.1 Å². The van der Waals surface area contributed by atoms with Crippen LogP contribution in [-0.2, 0) is 17.8 Å². The summed E-state index contributed by atoms with van der Waals surface area (Å²) in [6.45, 7) is 1.66. The predicted octanol–water partition coefficient (Wildman–Crippen LogP) is 2.42. The Kier molecular flexibility index (Phi) is 8.18. The Bertz CT molecular complexity index is 548. The van der Waals surface area contributed by atoms with Gasteiger partial charge in [-0.2, -0.15) is 0 Å². The summed E-state index contributed by atoms with van der Waals surface area (Å²) in [7, 11) is 0. The quantitative estimate of drug-likeness (QED) is 0.852. The van der Waals surface area contributed by atoms with Gasteiger partial charge < -0.3 is 10.6 Å². The molecule has 5 heteroatoms. The normalized spacial score (nSPS) is 9.86. The number of pyridine rings is 1. The molecule has 1 heterocycles. The molecule has 0 aliphatic carbocycles. The fourth-order valence-corrected chi connectivity index (χ4v) is 2.19. The first-order valence-corrected chi connectivity index (χ1v) is 7.21. The van der Waals surface area contributed by atoms with Crippen LogP contribution in [0.25, 0.3) is 0 Å². The minimum absolute atomic E-state index is 0. The fraction of sp³-hybridized carbons (Fsp3) is 0.294. The molecule has 1 amide bonds. The topological polar surface area (TPSA) is 59.2 Å². The Labute approximate surface area is 137 Å². The molecular weight excluding hydrogens is 298 g/mol. The summed E-state index contributed by atoms with van der Waals surface area (Å²) in [5, 5.41) is 0. The molecule has 0 aliphatic rings. The molecule has 0 aliphatic heterocycles. The monoisotopic (exact) mass is 319 g/mol. The summed E-state index contributed by atoms with van der Waals surface area (Å²) in [5.74, 6) is 0.120. The van der Waals surface area contributed by atoms with Gasteiger partial charge in [-0.15, -0.1) is 12.4 Å². The second-order valence-electron chi connectivity index (χ2n) is 4.91. The number of amides is 1. The van der Waals surface area contributed by atoms with Crippen LogP contribution in [0.4, 0.5) is 0 Å². The lowest BCUT2D eigenvalue weighted by Crippen LogP contribution is -2.35. The second kappa shape index (κ2) is 9.92. The van der Waals surface area contributed by atoms with Crippen LogP contribution in [0.3, 0.4) is 0 Å². The summed E-state index contributed by atoms with van der Waals surface area (Å²) >= 11 is 0. The van der Waals surface area contributed by atoms with E-state index in [1.54, 1.807) is 6.20 Å². The molecule has 1 aromatic heterocycles. The Hall–Kier alpha value is -1.91. The Morgan fingerprint density at radius 1 is 1.09 bits per heavy atom. The van der Waals surface area contributed by atoms with Crippen molar-refractivity contribution in [1.29, 1.82) is 0 Å². The maximum absolute atomic E-state index is 12.4. The van der Waals surface area contributed by atoms with E-state index in [1.807, 2.05) is 53.4 Å². The lowest BCUT2D eigenvalue weighted by atomic mass is 10.1. The molecule has 0 spiro atoms. The molecule has 0 fully saturated rings. The number of nitrogens with zero attached hydrogens (tertiary/aromatic N) is 2. The first-order chi connectivity index (χ1) is 10.3. The van der Waals surface area contributed by atoms with Gasteiger partial charge in [0.15, 0.2) is 0 Å². The van der Waals surface area contributed by atoms with Gasteiger partial charge >= 0.3 is 0 Å². The molecule has 2 rings (SSSR count). The lowest BCUT2D eigenvalue weighted by molar-refractivity contribution is -0.131. The summed E-state index contributed by atoms with van der Waals surface area (Å²) < 4.78 is 0. The van der Waals surface area contributed by atoms with E-state index >= 15 is 0 Å². The molecule has 1 aromatic carbocycles. The van der Waals surface area contributed by atoms with Crippen molar-refractivity contribution in [2.24, 2.45) is 5.73 Å². The minimum atomic E-state index is 0. The maximum atomic E-state index is 12.4. The average Bonchev–Trinajstić information content (AvgIpc) is 2.54. The van der Waals surface area contributed by atoms with Gasteiger partial charge in [-0.3, -0.25) is 9.78 Å². The predicted molar refractivity (Wildman–Crippen MR) is 90.7 cm³/mol. The van der Waals surface area contributed by atoms with Gasteiger partial charge in [0.05, 0.1) is 0 Å². The van der Waals surface area contributed by atoms with E-state index < -0.39 is 0 Å². The van der Waals surface area contributed by atoms with Gasteiger partial charge in [0.1, 0.15) is 0 Å². The van der Waals surface area contributed by atoms with Crippen LogP contribution in [0.2, 0.25) is 0 Å². The molecule has 2 N–H and O–H groups in total. The van der Waals surface area contributed by atoms with Crippen molar-refractivity contribution in [3.8, 4) is 0 Å². The lowest BCUT2D eigenvalue weighted by Gasteiger charge is -2.22. The van der Waals surface area contributed by atoms with Crippen molar-refractivity contribution < 1.29 is 4.79 Å². The maximum Gasteiger partial charge on any atom is 0.223 e. The Morgan fingerprint density at radius 3 is 2.45 bits per heavy atom. The van der Waals surface area contributed by atoms with E-state index in [0.717, 1.165) is 11.3 Å². The van der Waals surface area contributed by atoms with Crippen molar-refractivity contribution in [2.45, 2.75) is 19.4 Å². The third-order valence-corrected chi connectivity index (χ3v) is 3.29. The number of nitrogens with two attached hydrogens (primary N) is 1. The number of hydrogen-bond acceptors (Lipinski definition) is 3. The number of carbonyl (C=O) groups is 1. The molecular formula is C17H22ClN3O. The summed E-state index contributed by atoms with van der Waals surface area (Å²) in [5.41, 5.74) is 7.69. The molecule has 0 atom stereocenters. The highest BCUT2D eigenvalue weighted by atomic mass is 35.5. The van der Waals surface area contributed by atoms with Crippen LogP contribution in [0.5, 0.6) is 0 Å². The first-order valence-electron chi connectivity index (χ1n) is 7.21. The largest absolute Gasteiger partial charge is 0.337 e. The number of aromatic nitrogens is 1. The van der Waals surface area contributed by atoms with Crippen LogP contribution in [-0.4, -0.2) is 28.9 Å². The zero-order valence-corrected chi connectivity index (χ0v) is 13.3. The fourth-order valence-electron chi connectivity index (χ4n) is 2.19. The highest BCUT2D eigenvalue weighted by Gasteiger charge is 2.13. The molecule has 0 radical (unpaired) electrons. The number of halogens is 1. The van der Waals surface area contributed by atoms with Crippen molar-refractivity contribution in [1.82, 2.24) is 9.88 Å². The number of aryl methyl sites for hydroxylation is 1. The van der Waals surface area contributed by atoms with Gasteiger partial charge in [-0.05, 0) is 24.1 Å². The molecule has 2 aromatic rings. The third-order valence-electron chi connectivity index (χ3n) is 3.29. The Morgan fingerprint density at radius 2 is 1.82 bits per heavy atom. The minimum Gasteiger partial charge on any atom is -0.337 e. The van der Waals surface area contributed by atoms with E-state index in [0.29, 0.717) is 32.5 Å². The summed E-state index contributed by atoms with van der Waals surface area (Å²) in [6.07, 6.45) is 2.88. The van der Waals surface area contributed by atoms with E-state index in [-0.39, 0.29) is 18.3 Å². The number of hydrogen-bond donors (Lipinski definition) is 1. The average molecular weight is 320 g/mol. The number of rotatable bonds is 7. The van der Waals surface area contributed by atoms with Gasteiger partial charge in [-0.1, -0.05) is 36.4 Å². The zero-order chi connectivity index (χ0) is 14.9. The molecule has 0 unspecified atom stereocenters. The van der Waals surface area contributed by atoms with Gasteiger partial charge in [-0.25, -0.2) is 0 Å². The van der Waals surface area contributed by atoms with Crippen molar-refractivity contribution in [3.05, 3.63) is 66.0 Å². The summed E-state index contributed by atoms with van der Waals surface area (Å²) in [4.78, 5) is 18.4. The molecule has 0 saturated carbocycles. The third kappa shape index (κ3) is 5.84. The van der Waals surface area contributed by atoms with Crippen molar-refractivity contribution >= 4 is 18.3 Å². The molecule has 22 heavy (non-hydrogen) atoms. The summed E-state index contributed by atoms with van der Waals surface area (Å²) in [6, 6.07) is 15.7.